The van der Waals surface area contributed by atoms with Gasteiger partial charge < -0.3 is 10.3 Å². The van der Waals surface area contributed by atoms with Gasteiger partial charge in [0.2, 0.25) is 0 Å². The summed E-state index contributed by atoms with van der Waals surface area (Å²) in [4.78, 5) is 0. The van der Waals surface area contributed by atoms with Crippen LogP contribution in [0.2, 0.25) is 0 Å². The Morgan fingerprint density at radius 1 is 1.35 bits per heavy atom. The van der Waals surface area contributed by atoms with Gasteiger partial charge in [-0.15, -0.1) is 0 Å². The van der Waals surface area contributed by atoms with Crippen LogP contribution >= 0.6 is 15.9 Å². The van der Waals surface area contributed by atoms with Gasteiger partial charge in [0.25, 0.3) is 0 Å². The summed E-state index contributed by atoms with van der Waals surface area (Å²) in [6, 6.07) is 8.58. The average molecular weight is 293 g/mol. The molecule has 1 aliphatic rings. The van der Waals surface area contributed by atoms with E-state index in [2.05, 4.69) is 44.8 Å². The Bertz CT molecular complexity index is 540. The number of rotatable bonds is 3. The lowest BCUT2D eigenvalue weighted by molar-refractivity contribution is 0.277. The third kappa shape index (κ3) is 1.91. The van der Waals surface area contributed by atoms with Gasteiger partial charge in [-0.05, 0) is 46.8 Å². The smallest absolute Gasteiger partial charge is 0.0627 e. The van der Waals surface area contributed by atoms with Crippen LogP contribution < -0.4 is 5.73 Å². The molecule has 0 aliphatic heterocycles. The summed E-state index contributed by atoms with van der Waals surface area (Å²) < 4.78 is 3.58. The highest BCUT2D eigenvalue weighted by Crippen LogP contribution is 2.33. The maximum absolute atomic E-state index is 5.86. The Morgan fingerprint density at radius 2 is 2.18 bits per heavy atom. The first-order chi connectivity index (χ1) is 8.29. The Balaban J connectivity index is 2.10. The highest BCUT2D eigenvalue weighted by molar-refractivity contribution is 9.10. The molecule has 0 atom stereocenters. The molecule has 1 aromatic heterocycles. The van der Waals surface area contributed by atoms with Gasteiger partial charge in [-0.25, -0.2) is 0 Å². The van der Waals surface area contributed by atoms with E-state index in [4.69, 9.17) is 5.73 Å². The maximum Gasteiger partial charge on any atom is 0.0627 e. The fraction of sp³-hybridized carbons (Fsp3) is 0.429. The molecule has 90 valence electrons. The molecule has 1 aliphatic carbocycles. The first kappa shape index (κ1) is 11.3. The molecule has 17 heavy (non-hydrogen) atoms. The second-order valence-electron chi connectivity index (χ2n) is 4.93. The van der Waals surface area contributed by atoms with E-state index in [9.17, 15) is 0 Å². The van der Waals surface area contributed by atoms with Crippen molar-refractivity contribution in [3.63, 3.8) is 0 Å². The van der Waals surface area contributed by atoms with Crippen LogP contribution in [0.5, 0.6) is 0 Å². The van der Waals surface area contributed by atoms with Crippen molar-refractivity contribution < 1.29 is 0 Å². The number of halogens is 1. The van der Waals surface area contributed by atoms with Gasteiger partial charge in [-0.2, -0.15) is 0 Å². The van der Waals surface area contributed by atoms with Crippen molar-refractivity contribution in [3.8, 4) is 0 Å². The second kappa shape index (κ2) is 4.46. The van der Waals surface area contributed by atoms with Gasteiger partial charge >= 0.3 is 0 Å². The highest BCUT2D eigenvalue weighted by Gasteiger charge is 2.20. The van der Waals surface area contributed by atoms with Crippen molar-refractivity contribution in [3.05, 3.63) is 34.4 Å². The zero-order valence-electron chi connectivity index (χ0n) is 9.82. The zero-order valence-corrected chi connectivity index (χ0v) is 11.4. The van der Waals surface area contributed by atoms with Gasteiger partial charge in [-0.3, -0.25) is 0 Å². The number of aromatic nitrogens is 1. The predicted octanol–water partition coefficient (Wildman–Crippen LogP) is 3.66. The van der Waals surface area contributed by atoms with Crippen molar-refractivity contribution in [1.29, 1.82) is 0 Å². The molecule has 1 saturated carbocycles. The van der Waals surface area contributed by atoms with Gasteiger partial charge in [-0.1, -0.05) is 18.6 Å². The standard InChI is InChI=1S/C14H17BrN2/c15-13-6-2-5-11-7-12(8-16)17(14(11)13)9-10-3-1-4-10/h2,5-7,10H,1,3-4,8-9,16H2. The molecular formula is C14H17BrN2. The monoisotopic (exact) mass is 292 g/mol. The number of nitrogens with two attached hydrogens (primary N) is 1. The first-order valence-electron chi connectivity index (χ1n) is 6.26. The normalized spacial score (nSPS) is 16.4. The molecule has 2 N–H and O–H groups in total. The molecule has 0 unspecified atom stereocenters. The van der Waals surface area contributed by atoms with E-state index in [-0.39, 0.29) is 0 Å². The molecule has 1 aromatic carbocycles. The first-order valence-corrected chi connectivity index (χ1v) is 7.05. The van der Waals surface area contributed by atoms with Gasteiger partial charge in [0.1, 0.15) is 0 Å². The molecular weight excluding hydrogens is 276 g/mol. The van der Waals surface area contributed by atoms with Crippen LogP contribution in [0.15, 0.2) is 28.7 Å². The molecule has 3 rings (SSSR count). The van der Waals surface area contributed by atoms with Crippen LogP contribution in [0.4, 0.5) is 0 Å². The third-order valence-corrected chi connectivity index (χ3v) is 4.47. The summed E-state index contributed by atoms with van der Waals surface area (Å²) in [5.41, 5.74) is 8.42. The SMILES string of the molecule is NCc1cc2cccc(Br)c2n1CC1CCC1. The molecule has 0 saturated heterocycles. The van der Waals surface area contributed by atoms with Crippen molar-refractivity contribution in [2.75, 3.05) is 0 Å². The van der Waals surface area contributed by atoms with Crippen LogP contribution in [0.25, 0.3) is 10.9 Å². The summed E-state index contributed by atoms with van der Waals surface area (Å²) in [6.45, 7) is 1.74. The maximum atomic E-state index is 5.86. The van der Waals surface area contributed by atoms with Crippen molar-refractivity contribution >= 4 is 26.8 Å². The molecule has 2 aromatic rings. The van der Waals surface area contributed by atoms with E-state index in [1.807, 2.05) is 0 Å². The largest absolute Gasteiger partial charge is 0.342 e. The lowest BCUT2D eigenvalue weighted by Crippen LogP contribution is -2.20. The lowest BCUT2D eigenvalue weighted by atomic mass is 9.85. The van der Waals surface area contributed by atoms with Crippen LogP contribution in [0.1, 0.15) is 25.0 Å². The van der Waals surface area contributed by atoms with E-state index < -0.39 is 0 Å². The zero-order chi connectivity index (χ0) is 11.8. The Kier molecular flexibility index (Phi) is 2.97. The molecule has 1 fully saturated rings. The molecule has 0 amide bonds. The number of nitrogens with zero attached hydrogens (tertiary/aromatic N) is 1. The summed E-state index contributed by atoms with van der Waals surface area (Å²) in [5, 5.41) is 1.29. The number of hydrogen-bond acceptors (Lipinski definition) is 1. The average Bonchev–Trinajstić information content (AvgIpc) is 2.63. The number of fused-ring (bicyclic) bond motifs is 1. The fourth-order valence-corrected chi connectivity index (χ4v) is 3.24. The Labute approximate surface area is 110 Å². The number of benzene rings is 1. The summed E-state index contributed by atoms with van der Waals surface area (Å²) in [6.07, 6.45) is 4.13. The molecule has 0 spiro atoms. The number of hydrogen-bond donors (Lipinski definition) is 1. The van der Waals surface area contributed by atoms with E-state index >= 15 is 0 Å². The molecule has 0 bridgehead atoms. The quantitative estimate of drug-likeness (QED) is 0.920. The van der Waals surface area contributed by atoms with Crippen LogP contribution in [-0.4, -0.2) is 4.57 Å². The molecule has 1 heterocycles. The Morgan fingerprint density at radius 3 is 2.82 bits per heavy atom. The predicted molar refractivity (Wildman–Crippen MR) is 74.9 cm³/mol. The van der Waals surface area contributed by atoms with E-state index in [0.717, 1.165) is 12.5 Å². The van der Waals surface area contributed by atoms with Gasteiger partial charge in [0.15, 0.2) is 0 Å². The van der Waals surface area contributed by atoms with Crippen molar-refractivity contribution in [2.45, 2.75) is 32.4 Å². The summed E-state index contributed by atoms with van der Waals surface area (Å²) in [7, 11) is 0. The van der Waals surface area contributed by atoms with E-state index in [1.165, 1.54) is 40.3 Å². The molecule has 2 nitrogen and oxygen atoms in total. The molecule has 3 heteroatoms. The topological polar surface area (TPSA) is 30.9 Å². The minimum atomic E-state index is 0.619. The lowest BCUT2D eigenvalue weighted by Gasteiger charge is -2.27. The van der Waals surface area contributed by atoms with Crippen molar-refractivity contribution in [2.24, 2.45) is 11.7 Å². The van der Waals surface area contributed by atoms with Crippen LogP contribution in [-0.2, 0) is 13.1 Å². The summed E-state index contributed by atoms with van der Waals surface area (Å²) in [5.74, 6) is 0.850. The van der Waals surface area contributed by atoms with Crippen LogP contribution in [0, 0.1) is 5.92 Å². The number of para-hydroxylation sites is 1. The van der Waals surface area contributed by atoms with Crippen molar-refractivity contribution in [1.82, 2.24) is 4.57 Å². The molecule has 0 radical (unpaired) electrons. The highest BCUT2D eigenvalue weighted by atomic mass is 79.9. The fourth-order valence-electron chi connectivity index (χ4n) is 2.65. The second-order valence-corrected chi connectivity index (χ2v) is 5.78. The Hall–Kier alpha value is -0.800. The van der Waals surface area contributed by atoms with Gasteiger partial charge in [0.05, 0.1) is 5.52 Å². The summed E-state index contributed by atoms with van der Waals surface area (Å²) >= 11 is 3.66. The minimum absolute atomic E-state index is 0.619. The third-order valence-electron chi connectivity index (χ3n) is 3.83. The van der Waals surface area contributed by atoms with Crippen LogP contribution in [0.3, 0.4) is 0 Å². The van der Waals surface area contributed by atoms with E-state index in [0.29, 0.717) is 6.54 Å². The van der Waals surface area contributed by atoms with E-state index in [1.54, 1.807) is 0 Å². The van der Waals surface area contributed by atoms with Gasteiger partial charge in [0, 0.05) is 28.6 Å². The minimum Gasteiger partial charge on any atom is -0.342 e.